The van der Waals surface area contributed by atoms with Crippen LogP contribution in [0.25, 0.3) is 10.9 Å². The van der Waals surface area contributed by atoms with E-state index in [1.165, 1.54) is 6.07 Å². The van der Waals surface area contributed by atoms with Crippen LogP contribution < -0.4 is 0 Å². The fourth-order valence-corrected chi connectivity index (χ4v) is 1.71. The van der Waals surface area contributed by atoms with Crippen molar-refractivity contribution in [2.24, 2.45) is 0 Å². The quantitative estimate of drug-likeness (QED) is 0.846. The number of fused-ring (bicyclic) bond motifs is 1. The Hall–Kier alpha value is -1.42. The Kier molecular flexibility index (Phi) is 2.46. The van der Waals surface area contributed by atoms with Gasteiger partial charge in [0.05, 0.1) is 23.9 Å². The molecule has 3 nitrogen and oxygen atoms in total. The van der Waals surface area contributed by atoms with Gasteiger partial charge in [0.1, 0.15) is 5.82 Å². The molecule has 2 rings (SSSR count). The van der Waals surface area contributed by atoms with Crippen LogP contribution in [0.1, 0.15) is 19.4 Å². The van der Waals surface area contributed by atoms with Crippen molar-refractivity contribution < 1.29 is 9.50 Å². The third-order valence-electron chi connectivity index (χ3n) is 2.46. The molecule has 1 aromatic heterocycles. The van der Waals surface area contributed by atoms with Crippen molar-refractivity contribution in [1.82, 2.24) is 9.78 Å². The molecule has 0 bridgehead atoms. The average molecular weight is 222 g/mol. The molecule has 0 aliphatic rings. The minimum absolute atomic E-state index is 0.245. The van der Waals surface area contributed by atoms with Crippen molar-refractivity contribution in [3.63, 3.8) is 0 Å². The molecule has 0 saturated heterocycles. The lowest BCUT2D eigenvalue weighted by Gasteiger charge is -2.17. The summed E-state index contributed by atoms with van der Waals surface area (Å²) in [6.07, 6.45) is 1.69. The Balaban J connectivity index is 2.52. The third kappa shape index (κ3) is 2.07. The molecule has 0 spiro atoms. The van der Waals surface area contributed by atoms with Gasteiger partial charge in [-0.05, 0) is 32.4 Å². The highest BCUT2D eigenvalue weighted by molar-refractivity contribution is 5.79. The smallest absolute Gasteiger partial charge is 0.128 e. The highest BCUT2D eigenvalue weighted by atomic mass is 19.1. The summed E-state index contributed by atoms with van der Waals surface area (Å²) in [5, 5.41) is 14.8. The van der Waals surface area contributed by atoms with E-state index in [0.717, 1.165) is 5.39 Å². The molecule has 0 aliphatic carbocycles. The van der Waals surface area contributed by atoms with E-state index < -0.39 is 5.60 Å². The average Bonchev–Trinajstić information content (AvgIpc) is 2.47. The predicted octanol–water partition coefficient (Wildman–Crippen LogP) is 2.25. The fourth-order valence-electron chi connectivity index (χ4n) is 1.71. The summed E-state index contributed by atoms with van der Waals surface area (Å²) in [7, 11) is 0. The van der Waals surface area contributed by atoms with Gasteiger partial charge in [-0.1, -0.05) is 0 Å². The van der Waals surface area contributed by atoms with Crippen molar-refractivity contribution >= 4 is 10.9 Å². The first kappa shape index (κ1) is 11.1. The van der Waals surface area contributed by atoms with Crippen molar-refractivity contribution in [3.05, 3.63) is 29.7 Å². The molecule has 2 aromatic rings. The standard InChI is InChI=1S/C12H15FN2O/c1-8-4-9-6-14-15(7-12(2,3)16)11(9)5-10(8)13/h4-6,16H,7H2,1-3H3. The SMILES string of the molecule is Cc1cc2cnn(CC(C)(C)O)c2cc1F. The number of benzene rings is 1. The minimum Gasteiger partial charge on any atom is -0.389 e. The molecule has 0 fully saturated rings. The van der Waals surface area contributed by atoms with Gasteiger partial charge in [0.25, 0.3) is 0 Å². The van der Waals surface area contributed by atoms with E-state index in [0.29, 0.717) is 17.6 Å². The number of hydrogen-bond acceptors (Lipinski definition) is 2. The van der Waals surface area contributed by atoms with E-state index >= 15 is 0 Å². The summed E-state index contributed by atoms with van der Waals surface area (Å²) < 4.78 is 15.1. The minimum atomic E-state index is -0.861. The zero-order chi connectivity index (χ0) is 11.9. The number of aromatic nitrogens is 2. The first-order chi connectivity index (χ1) is 7.37. The maximum Gasteiger partial charge on any atom is 0.128 e. The van der Waals surface area contributed by atoms with Gasteiger partial charge in [0, 0.05) is 11.5 Å². The van der Waals surface area contributed by atoms with Gasteiger partial charge in [-0.25, -0.2) is 4.39 Å². The van der Waals surface area contributed by atoms with Gasteiger partial charge in [-0.15, -0.1) is 0 Å². The van der Waals surface area contributed by atoms with E-state index in [1.54, 1.807) is 37.7 Å². The Morgan fingerprint density at radius 2 is 2.12 bits per heavy atom. The van der Waals surface area contributed by atoms with Crippen LogP contribution in [0.15, 0.2) is 18.3 Å². The fraction of sp³-hybridized carbons (Fsp3) is 0.417. The summed E-state index contributed by atoms with van der Waals surface area (Å²) in [5.41, 5.74) is 0.459. The van der Waals surface area contributed by atoms with E-state index in [2.05, 4.69) is 5.10 Å². The van der Waals surface area contributed by atoms with Crippen LogP contribution in [0.2, 0.25) is 0 Å². The summed E-state index contributed by atoms with van der Waals surface area (Å²) >= 11 is 0. The number of aryl methyl sites for hydroxylation is 1. The summed E-state index contributed by atoms with van der Waals surface area (Å²) in [5.74, 6) is -0.245. The van der Waals surface area contributed by atoms with E-state index in [-0.39, 0.29) is 5.82 Å². The van der Waals surface area contributed by atoms with Gasteiger partial charge in [-0.3, -0.25) is 4.68 Å². The normalized spacial score (nSPS) is 12.3. The molecular weight excluding hydrogens is 207 g/mol. The number of rotatable bonds is 2. The monoisotopic (exact) mass is 222 g/mol. The number of hydrogen-bond donors (Lipinski definition) is 1. The second-order valence-corrected chi connectivity index (χ2v) is 4.77. The van der Waals surface area contributed by atoms with Gasteiger partial charge in [-0.2, -0.15) is 5.10 Å². The molecule has 0 saturated carbocycles. The van der Waals surface area contributed by atoms with Crippen molar-refractivity contribution in [3.8, 4) is 0 Å². The Morgan fingerprint density at radius 3 is 2.75 bits per heavy atom. The maximum atomic E-state index is 13.4. The van der Waals surface area contributed by atoms with Gasteiger partial charge < -0.3 is 5.11 Å². The second kappa shape index (κ2) is 3.56. The summed E-state index contributed by atoms with van der Waals surface area (Å²) in [4.78, 5) is 0. The molecule has 0 aliphatic heterocycles. The molecule has 1 N–H and O–H groups in total. The number of nitrogens with zero attached hydrogens (tertiary/aromatic N) is 2. The van der Waals surface area contributed by atoms with Crippen LogP contribution in [0.3, 0.4) is 0 Å². The largest absolute Gasteiger partial charge is 0.389 e. The lowest BCUT2D eigenvalue weighted by atomic mass is 10.1. The first-order valence-electron chi connectivity index (χ1n) is 5.21. The van der Waals surface area contributed by atoms with Crippen molar-refractivity contribution in [2.45, 2.75) is 32.9 Å². The number of aliphatic hydroxyl groups is 1. The van der Waals surface area contributed by atoms with Crippen LogP contribution >= 0.6 is 0 Å². The van der Waals surface area contributed by atoms with Crippen LogP contribution in [0, 0.1) is 12.7 Å². The lowest BCUT2D eigenvalue weighted by molar-refractivity contribution is 0.0591. The lowest BCUT2D eigenvalue weighted by Crippen LogP contribution is -2.26. The molecule has 16 heavy (non-hydrogen) atoms. The second-order valence-electron chi connectivity index (χ2n) is 4.77. The van der Waals surface area contributed by atoms with Crippen LogP contribution in [-0.2, 0) is 6.54 Å². The summed E-state index contributed by atoms with van der Waals surface area (Å²) in [6.45, 7) is 5.47. The summed E-state index contributed by atoms with van der Waals surface area (Å²) in [6, 6.07) is 3.22. The first-order valence-corrected chi connectivity index (χ1v) is 5.21. The topological polar surface area (TPSA) is 38.0 Å². The van der Waals surface area contributed by atoms with Crippen molar-refractivity contribution in [1.29, 1.82) is 0 Å². The molecule has 1 heterocycles. The molecule has 0 unspecified atom stereocenters. The molecule has 4 heteroatoms. The molecule has 0 amide bonds. The van der Waals surface area contributed by atoms with Crippen molar-refractivity contribution in [2.75, 3.05) is 0 Å². The van der Waals surface area contributed by atoms with E-state index in [1.807, 2.05) is 0 Å². The molecule has 0 radical (unpaired) electrons. The maximum absolute atomic E-state index is 13.4. The third-order valence-corrected chi connectivity index (χ3v) is 2.46. The van der Waals surface area contributed by atoms with Gasteiger partial charge in [0.15, 0.2) is 0 Å². The molecule has 1 aromatic carbocycles. The zero-order valence-electron chi connectivity index (χ0n) is 9.66. The van der Waals surface area contributed by atoms with Crippen LogP contribution in [0.5, 0.6) is 0 Å². The van der Waals surface area contributed by atoms with E-state index in [9.17, 15) is 9.50 Å². The van der Waals surface area contributed by atoms with E-state index in [4.69, 9.17) is 0 Å². The Bertz CT molecular complexity index is 526. The Labute approximate surface area is 93.5 Å². The van der Waals surface area contributed by atoms with Crippen LogP contribution in [-0.4, -0.2) is 20.5 Å². The highest BCUT2D eigenvalue weighted by Crippen LogP contribution is 2.20. The highest BCUT2D eigenvalue weighted by Gasteiger charge is 2.16. The van der Waals surface area contributed by atoms with Gasteiger partial charge in [0.2, 0.25) is 0 Å². The zero-order valence-corrected chi connectivity index (χ0v) is 9.66. The van der Waals surface area contributed by atoms with Crippen LogP contribution in [0.4, 0.5) is 4.39 Å². The Morgan fingerprint density at radius 1 is 1.44 bits per heavy atom. The van der Waals surface area contributed by atoms with Gasteiger partial charge >= 0.3 is 0 Å². The molecule has 86 valence electrons. The predicted molar refractivity (Wildman–Crippen MR) is 60.7 cm³/mol. The number of halogens is 1. The molecular formula is C12H15FN2O. The molecule has 0 atom stereocenters.